The molecule has 135 valence electrons. The summed E-state index contributed by atoms with van der Waals surface area (Å²) in [4.78, 5) is 12.4. The minimum Gasteiger partial charge on any atom is -0.469 e. The van der Waals surface area contributed by atoms with Crippen LogP contribution in [0.4, 0.5) is 5.82 Å². The monoisotopic (exact) mass is 371 g/mol. The maximum absolute atomic E-state index is 11.3. The molecule has 3 radical (unpaired) electrons. The van der Waals surface area contributed by atoms with Gasteiger partial charge < -0.3 is 4.74 Å². The molecule has 0 aliphatic carbocycles. The Morgan fingerprint density at radius 3 is 2.46 bits per heavy atom. The van der Waals surface area contributed by atoms with Gasteiger partial charge in [-0.15, -0.1) is 0 Å². The SMILES string of the molecule is CC.CS(=O)(=O)Nc1nccnc1OCc1ccc2ccccc2n1.[B]. The van der Waals surface area contributed by atoms with E-state index in [0.717, 1.165) is 17.2 Å². The number of anilines is 1. The van der Waals surface area contributed by atoms with Crippen LogP contribution in [0.3, 0.4) is 0 Å². The number of aromatic nitrogens is 3. The Balaban J connectivity index is 0.00000109. The fourth-order valence-corrected chi connectivity index (χ4v) is 2.50. The fourth-order valence-electron chi connectivity index (χ4n) is 2.01. The van der Waals surface area contributed by atoms with Crippen LogP contribution in [0.1, 0.15) is 19.5 Å². The molecule has 0 saturated carbocycles. The standard InChI is InChI=1S/C15H14N4O3S.C2H6.B/c1-23(20,21)19-14-15(17-9-8-16-14)22-10-12-7-6-11-4-2-3-5-13(11)18-12;1-2;/h2-9H,10H2,1H3,(H,16,19);1-2H3;. The van der Waals surface area contributed by atoms with Crippen molar-refractivity contribution in [3.05, 3.63) is 54.5 Å². The lowest BCUT2D eigenvalue weighted by Crippen LogP contribution is -2.13. The highest BCUT2D eigenvalue weighted by molar-refractivity contribution is 7.92. The smallest absolute Gasteiger partial charge is 0.258 e. The van der Waals surface area contributed by atoms with Gasteiger partial charge in [0, 0.05) is 26.2 Å². The van der Waals surface area contributed by atoms with Gasteiger partial charge in [-0.3, -0.25) is 4.72 Å². The largest absolute Gasteiger partial charge is 0.469 e. The molecule has 0 fully saturated rings. The summed E-state index contributed by atoms with van der Waals surface area (Å²) in [6.45, 7) is 4.15. The average Bonchev–Trinajstić information content (AvgIpc) is 2.61. The second kappa shape index (κ2) is 9.72. The van der Waals surface area contributed by atoms with Gasteiger partial charge in [0.15, 0.2) is 0 Å². The van der Waals surface area contributed by atoms with Crippen LogP contribution in [-0.4, -0.2) is 38.0 Å². The first-order valence-electron chi connectivity index (χ1n) is 7.77. The van der Waals surface area contributed by atoms with E-state index in [4.69, 9.17) is 4.74 Å². The van der Waals surface area contributed by atoms with Crippen LogP contribution in [-0.2, 0) is 16.6 Å². The summed E-state index contributed by atoms with van der Waals surface area (Å²) < 4.78 is 30.5. The van der Waals surface area contributed by atoms with Gasteiger partial charge in [-0.25, -0.2) is 23.4 Å². The third-order valence-electron chi connectivity index (χ3n) is 2.96. The lowest BCUT2D eigenvalue weighted by Gasteiger charge is -2.09. The summed E-state index contributed by atoms with van der Waals surface area (Å²) >= 11 is 0. The number of nitrogens with zero attached hydrogens (tertiary/aromatic N) is 3. The number of nitrogens with one attached hydrogen (secondary N) is 1. The van der Waals surface area contributed by atoms with Crippen molar-refractivity contribution < 1.29 is 13.2 Å². The molecule has 1 aromatic carbocycles. The van der Waals surface area contributed by atoms with E-state index in [0.29, 0.717) is 5.69 Å². The van der Waals surface area contributed by atoms with Gasteiger partial charge in [-0.1, -0.05) is 38.1 Å². The normalized spacial score (nSPS) is 10.3. The number of sulfonamides is 1. The van der Waals surface area contributed by atoms with Crippen molar-refractivity contribution >= 4 is 35.2 Å². The van der Waals surface area contributed by atoms with Crippen LogP contribution >= 0.6 is 0 Å². The van der Waals surface area contributed by atoms with Crippen molar-refractivity contribution in [1.82, 2.24) is 15.0 Å². The van der Waals surface area contributed by atoms with Crippen LogP contribution in [0.25, 0.3) is 10.9 Å². The zero-order chi connectivity index (χ0) is 18.3. The molecule has 0 amide bonds. The highest BCUT2D eigenvalue weighted by Gasteiger charge is 2.11. The number of hydrogen-bond acceptors (Lipinski definition) is 6. The number of rotatable bonds is 5. The lowest BCUT2D eigenvalue weighted by molar-refractivity contribution is 0.290. The molecule has 0 spiro atoms. The molecule has 0 unspecified atom stereocenters. The average molecular weight is 371 g/mol. The van der Waals surface area contributed by atoms with E-state index < -0.39 is 10.0 Å². The molecule has 26 heavy (non-hydrogen) atoms. The molecular formula is C17H20BN4O3S. The van der Waals surface area contributed by atoms with Gasteiger partial charge in [0.1, 0.15) is 6.61 Å². The van der Waals surface area contributed by atoms with Gasteiger partial charge in [0.2, 0.25) is 15.8 Å². The predicted octanol–water partition coefficient (Wildman–Crippen LogP) is 2.62. The summed E-state index contributed by atoms with van der Waals surface area (Å²) in [5.74, 6) is 0.156. The number of fused-ring (bicyclic) bond motifs is 1. The predicted molar refractivity (Wildman–Crippen MR) is 104 cm³/mol. The first-order chi connectivity index (χ1) is 12.0. The zero-order valence-electron chi connectivity index (χ0n) is 14.9. The van der Waals surface area contributed by atoms with E-state index in [2.05, 4.69) is 19.7 Å². The second-order valence-electron chi connectivity index (χ2n) is 4.87. The van der Waals surface area contributed by atoms with Crippen LogP contribution in [0, 0.1) is 0 Å². The van der Waals surface area contributed by atoms with Crippen molar-refractivity contribution in [3.8, 4) is 5.88 Å². The zero-order valence-corrected chi connectivity index (χ0v) is 15.7. The van der Waals surface area contributed by atoms with E-state index in [9.17, 15) is 8.42 Å². The molecule has 0 saturated heterocycles. The minimum absolute atomic E-state index is 0. The number of pyridine rings is 1. The molecule has 0 atom stereocenters. The van der Waals surface area contributed by atoms with Gasteiger partial charge in [-0.2, -0.15) is 0 Å². The molecule has 0 bridgehead atoms. The van der Waals surface area contributed by atoms with Crippen molar-refractivity contribution in [3.63, 3.8) is 0 Å². The maximum atomic E-state index is 11.3. The fraction of sp³-hybridized carbons (Fsp3) is 0.235. The summed E-state index contributed by atoms with van der Waals surface area (Å²) in [6, 6.07) is 11.6. The Morgan fingerprint density at radius 1 is 1.04 bits per heavy atom. The number of ether oxygens (including phenoxy) is 1. The highest BCUT2D eigenvalue weighted by atomic mass is 32.2. The Labute approximate surface area is 155 Å². The highest BCUT2D eigenvalue weighted by Crippen LogP contribution is 2.20. The van der Waals surface area contributed by atoms with E-state index in [1.54, 1.807) is 0 Å². The topological polar surface area (TPSA) is 94.1 Å². The quantitative estimate of drug-likeness (QED) is 0.693. The first kappa shape index (κ1) is 21.4. The molecule has 7 nitrogen and oxygen atoms in total. The number of para-hydroxylation sites is 1. The van der Waals surface area contributed by atoms with Crippen LogP contribution in [0.5, 0.6) is 5.88 Å². The maximum Gasteiger partial charge on any atom is 0.258 e. The molecule has 3 aromatic rings. The molecule has 2 heterocycles. The van der Waals surface area contributed by atoms with Crippen molar-refractivity contribution in [1.29, 1.82) is 0 Å². The van der Waals surface area contributed by atoms with Crippen LogP contribution in [0.15, 0.2) is 48.8 Å². The second-order valence-corrected chi connectivity index (χ2v) is 6.62. The number of benzene rings is 1. The summed E-state index contributed by atoms with van der Waals surface area (Å²) in [7, 11) is -3.46. The molecule has 9 heteroatoms. The molecule has 1 N–H and O–H groups in total. The Kier molecular flexibility index (Phi) is 7.99. The Bertz CT molecular complexity index is 951. The van der Waals surface area contributed by atoms with Crippen molar-refractivity contribution in [2.45, 2.75) is 20.5 Å². The van der Waals surface area contributed by atoms with Gasteiger partial charge in [0.05, 0.1) is 17.5 Å². The Hall–Kier alpha value is -2.68. The van der Waals surface area contributed by atoms with Crippen molar-refractivity contribution in [2.75, 3.05) is 11.0 Å². The summed E-state index contributed by atoms with van der Waals surface area (Å²) in [5.41, 5.74) is 1.57. The summed E-state index contributed by atoms with van der Waals surface area (Å²) in [5, 5.41) is 1.04. The van der Waals surface area contributed by atoms with Gasteiger partial charge in [-0.05, 0) is 12.1 Å². The van der Waals surface area contributed by atoms with Crippen molar-refractivity contribution in [2.24, 2.45) is 0 Å². The van der Waals surface area contributed by atoms with E-state index >= 15 is 0 Å². The molecule has 0 aliphatic rings. The number of hydrogen-bond donors (Lipinski definition) is 1. The molecule has 2 aromatic heterocycles. The molecule has 3 rings (SSSR count). The van der Waals surface area contributed by atoms with E-state index in [-0.39, 0.29) is 26.7 Å². The Morgan fingerprint density at radius 2 is 1.73 bits per heavy atom. The van der Waals surface area contributed by atoms with Crippen LogP contribution in [0.2, 0.25) is 0 Å². The van der Waals surface area contributed by atoms with E-state index in [1.165, 1.54) is 12.4 Å². The third-order valence-corrected chi connectivity index (χ3v) is 3.52. The van der Waals surface area contributed by atoms with E-state index in [1.807, 2.05) is 50.2 Å². The third kappa shape index (κ3) is 6.00. The van der Waals surface area contributed by atoms with Crippen LogP contribution < -0.4 is 9.46 Å². The summed E-state index contributed by atoms with van der Waals surface area (Å²) in [6.07, 6.45) is 3.85. The lowest BCUT2D eigenvalue weighted by atomic mass is 10.2. The van der Waals surface area contributed by atoms with Gasteiger partial charge >= 0.3 is 0 Å². The molecule has 0 aliphatic heterocycles. The first-order valence-corrected chi connectivity index (χ1v) is 9.67. The van der Waals surface area contributed by atoms with Gasteiger partial charge in [0.25, 0.3) is 5.88 Å². The minimum atomic E-state index is -3.46. The molecular weight excluding hydrogens is 351 g/mol.